The minimum atomic E-state index is -1.44. The zero-order chi connectivity index (χ0) is 88.9. The number of nitrogens with zero attached hydrogens (tertiary/aromatic N) is 2. The van der Waals surface area contributed by atoms with E-state index in [1.165, 1.54) is 0 Å². The number of rotatable bonds is 46. The van der Waals surface area contributed by atoms with Crippen molar-refractivity contribution in [2.75, 3.05) is 79.3 Å². The van der Waals surface area contributed by atoms with Crippen LogP contribution in [0, 0.1) is 11.8 Å². The predicted molar refractivity (Wildman–Crippen MR) is 470 cm³/mol. The molecule has 0 bridgehead atoms. The van der Waals surface area contributed by atoms with Crippen LogP contribution in [0.5, 0.6) is 46.0 Å². The van der Waals surface area contributed by atoms with Gasteiger partial charge in [0.2, 0.25) is 0 Å². The maximum Gasteiger partial charge on any atom is 0.330 e. The second-order valence-electron chi connectivity index (χ2n) is 31.6. The minimum absolute atomic E-state index is 0.00651. The summed E-state index contributed by atoms with van der Waals surface area (Å²) >= 11 is 0. The molecular formula is C100H106N2O24. The van der Waals surface area contributed by atoms with Gasteiger partial charge in [-0.1, -0.05) is 128 Å². The van der Waals surface area contributed by atoms with Crippen molar-refractivity contribution >= 4 is 103 Å². The van der Waals surface area contributed by atoms with Crippen molar-refractivity contribution in [3.63, 3.8) is 0 Å². The molecule has 13 rings (SSSR count). The molecule has 9 aromatic carbocycles. The summed E-state index contributed by atoms with van der Waals surface area (Å²) < 4.78 is 86.1. The van der Waals surface area contributed by atoms with E-state index in [1.54, 1.807) is 86.6 Å². The van der Waals surface area contributed by atoms with Crippen LogP contribution in [0.4, 0.5) is 0 Å². The van der Waals surface area contributed by atoms with Crippen molar-refractivity contribution in [3.8, 4) is 46.0 Å². The highest BCUT2D eigenvalue weighted by Crippen LogP contribution is 2.58. The molecule has 2 saturated carbocycles. The fourth-order valence-corrected chi connectivity index (χ4v) is 16.4. The van der Waals surface area contributed by atoms with Crippen LogP contribution in [-0.4, -0.2) is 173 Å². The molecule has 0 N–H and O–H groups in total. The van der Waals surface area contributed by atoms with Gasteiger partial charge in [0.1, 0.15) is 96.7 Å². The van der Waals surface area contributed by atoms with Crippen LogP contribution in [-0.2, 0) is 102 Å². The van der Waals surface area contributed by atoms with Crippen molar-refractivity contribution < 1.29 is 114 Å². The maximum absolute atomic E-state index is 16.7. The number of ether oxygens (including phenoxy) is 14. The summed E-state index contributed by atoms with van der Waals surface area (Å²) in [5.41, 5.74) is 3.06. The first kappa shape index (κ1) is 91.1. The van der Waals surface area contributed by atoms with Crippen LogP contribution in [0.3, 0.4) is 0 Å². The number of amides is 4. The number of esters is 6. The van der Waals surface area contributed by atoms with Gasteiger partial charge in [-0.15, -0.1) is 0 Å². The number of fused-ring (bicyclic) bond motifs is 2. The molecule has 0 spiro atoms. The van der Waals surface area contributed by atoms with Crippen LogP contribution in [0.2, 0.25) is 0 Å². The van der Waals surface area contributed by atoms with Gasteiger partial charge in [0, 0.05) is 67.4 Å². The van der Waals surface area contributed by atoms with E-state index in [2.05, 4.69) is 26.3 Å². The number of carbonyl (C=O) groups is 10. The third-order valence-corrected chi connectivity index (χ3v) is 23.3. The van der Waals surface area contributed by atoms with Crippen molar-refractivity contribution in [3.05, 3.63) is 216 Å². The third-order valence-electron chi connectivity index (χ3n) is 23.3. The average Bonchev–Trinajstić information content (AvgIpc) is 0.669. The molecule has 126 heavy (non-hydrogen) atoms. The van der Waals surface area contributed by atoms with Gasteiger partial charge in [-0.3, -0.25) is 29.0 Å². The van der Waals surface area contributed by atoms with E-state index < -0.39 is 95.6 Å². The van der Waals surface area contributed by atoms with E-state index in [4.69, 9.17) is 66.3 Å². The average molecular weight is 1720 g/mol. The first-order valence-electron chi connectivity index (χ1n) is 43.3. The number of imide groups is 2. The molecule has 2 aliphatic heterocycles. The molecule has 4 unspecified atom stereocenters. The van der Waals surface area contributed by atoms with Gasteiger partial charge in [0.15, 0.2) is 0 Å². The van der Waals surface area contributed by atoms with Crippen LogP contribution < -0.4 is 18.9 Å². The first-order valence-corrected chi connectivity index (χ1v) is 43.3. The van der Waals surface area contributed by atoms with Crippen molar-refractivity contribution in [2.45, 2.75) is 155 Å². The second-order valence-corrected chi connectivity index (χ2v) is 31.6. The lowest BCUT2D eigenvalue weighted by Gasteiger charge is -2.38. The molecule has 2 heterocycles. The monoisotopic (exact) mass is 1720 g/mol. The van der Waals surface area contributed by atoms with E-state index in [0.29, 0.717) is 64.2 Å². The summed E-state index contributed by atoms with van der Waals surface area (Å²) in [6.45, 7) is 22.7. The fraction of sp³-hybridized carbons (Fsp3) is 0.380. The Labute approximate surface area is 731 Å². The van der Waals surface area contributed by atoms with Gasteiger partial charge in [-0.2, -0.15) is 0 Å². The van der Waals surface area contributed by atoms with Gasteiger partial charge in [-0.25, -0.2) is 28.8 Å². The van der Waals surface area contributed by atoms with E-state index >= 15 is 28.8 Å². The van der Waals surface area contributed by atoms with Crippen LogP contribution >= 0.6 is 0 Å². The predicted octanol–water partition coefficient (Wildman–Crippen LogP) is 17.8. The van der Waals surface area contributed by atoms with Crippen LogP contribution in [0.1, 0.15) is 168 Å². The van der Waals surface area contributed by atoms with Crippen LogP contribution in [0.15, 0.2) is 172 Å². The molecule has 660 valence electrons. The minimum Gasteiger partial charge on any atom is -0.461 e. The molecule has 0 radical (unpaired) electrons. The zero-order valence-electron chi connectivity index (χ0n) is 71.6. The summed E-state index contributed by atoms with van der Waals surface area (Å²) in [4.78, 5) is 147. The third kappa shape index (κ3) is 21.5. The Kier molecular flexibility index (Phi) is 31.3. The topological polar surface area (TPSA) is 306 Å². The van der Waals surface area contributed by atoms with Gasteiger partial charge in [-0.05, 0) is 184 Å². The molecule has 26 heteroatoms. The molecule has 2 fully saturated rings. The van der Waals surface area contributed by atoms with E-state index in [9.17, 15) is 19.2 Å². The standard InChI is InChI=1S/C100H106N2O24/c1-9-61(7)93(99(111)125-67-21-17-15-18-22-67)101-95(107)73-57-77(121-69-33-25-63(26-34-69)41-45-113-49-53-117-81(103)11-3)87-89-79(123-71-37-29-65(30-38-71)43-47-115-51-55-119-83(105)13-5)59-75-86-76(98(110)102(97(75)109)94(62(8)10-2)100(112)126-68-23-19-16-20-24-68)60-80(124-72-39-31-66(32-40-72)44-48-116-52-56-120-84(106)14-6)90(92(86)89)88-78(58-74(96(101)108)85(73)91(87)88)122-70-35-27-64(28-36-70)42-46-114-50-54-118-82(104)12-4/h11-14,25-40,57-62,67-68,93-94H,3-6,9-10,15-24,41-56H2,1-2,7-8H3. The van der Waals surface area contributed by atoms with Gasteiger partial charge in [0.25, 0.3) is 23.6 Å². The molecule has 9 aromatic rings. The first-order chi connectivity index (χ1) is 61.2. The Morgan fingerprint density at radius 3 is 0.794 bits per heavy atom. The molecule has 2 aliphatic carbocycles. The van der Waals surface area contributed by atoms with Crippen molar-refractivity contribution in [2.24, 2.45) is 11.8 Å². The Hall–Kier alpha value is -12.6. The number of benzene rings is 9. The Bertz CT molecular complexity index is 4890. The lowest BCUT2D eigenvalue weighted by Crippen LogP contribution is -2.54. The molecule has 0 saturated heterocycles. The lowest BCUT2D eigenvalue weighted by molar-refractivity contribution is -0.158. The van der Waals surface area contributed by atoms with Gasteiger partial charge >= 0.3 is 35.8 Å². The summed E-state index contributed by atoms with van der Waals surface area (Å²) in [5.74, 6) is -7.49. The highest BCUT2D eigenvalue weighted by Gasteiger charge is 2.49. The number of hydrogen-bond donors (Lipinski definition) is 0. The molecule has 0 aromatic heterocycles. The summed E-state index contributed by atoms with van der Waals surface area (Å²) in [6.07, 6.45) is 13.4. The Balaban J connectivity index is 1.09. The number of carbonyl (C=O) groups excluding carboxylic acids is 10. The van der Waals surface area contributed by atoms with E-state index in [-0.39, 0.29) is 191 Å². The SMILES string of the molecule is C=CC(=O)OCCOCCc1ccc(Oc2cc3c4c(cc(Oc5ccc(CCOCCOC(=O)C=C)cc5)c5c6c(Oc7ccc(CCOCCOC(=O)C=C)cc7)cc7c8c(cc(Oc9ccc(CCOCCOC(=O)C=C)cc9)c(c2c45)c86)C(=O)N(C(C(=O)OC2CCCCC2)C(C)CC)C7=O)C(=O)N(C(C(=O)OC2CCCCC2)C(C)CC)C3=O)cc1. The van der Waals surface area contributed by atoms with Gasteiger partial charge < -0.3 is 66.3 Å². The fourth-order valence-electron chi connectivity index (χ4n) is 16.4. The maximum atomic E-state index is 16.7. The van der Waals surface area contributed by atoms with Crippen molar-refractivity contribution in [1.82, 2.24) is 9.80 Å². The highest BCUT2D eigenvalue weighted by molar-refractivity contribution is 6.45. The van der Waals surface area contributed by atoms with Crippen LogP contribution in [0.25, 0.3) is 43.1 Å². The Morgan fingerprint density at radius 2 is 0.571 bits per heavy atom. The quantitative estimate of drug-likeness (QED) is 0.00651. The smallest absolute Gasteiger partial charge is 0.330 e. The summed E-state index contributed by atoms with van der Waals surface area (Å²) in [5, 5.41) is 1.35. The number of hydrogen-bond acceptors (Lipinski definition) is 24. The molecular weight excluding hydrogens is 1610 g/mol. The van der Waals surface area contributed by atoms with Crippen molar-refractivity contribution in [1.29, 1.82) is 0 Å². The molecule has 4 aliphatic rings. The van der Waals surface area contributed by atoms with Gasteiger partial charge in [0.05, 0.1) is 75.1 Å². The lowest BCUT2D eigenvalue weighted by atomic mass is 9.80. The zero-order valence-corrected chi connectivity index (χ0v) is 71.6. The summed E-state index contributed by atoms with van der Waals surface area (Å²) in [6, 6.07) is 31.9. The van der Waals surface area contributed by atoms with E-state index in [0.717, 1.165) is 94.9 Å². The summed E-state index contributed by atoms with van der Waals surface area (Å²) in [7, 11) is 0. The molecule has 4 amide bonds. The van der Waals surface area contributed by atoms with E-state index in [1.807, 2.05) is 62.4 Å². The highest BCUT2D eigenvalue weighted by atomic mass is 16.6. The molecule has 4 atom stereocenters. The largest absolute Gasteiger partial charge is 0.461 e. The molecule has 26 nitrogen and oxygen atoms in total. The Morgan fingerprint density at radius 1 is 0.333 bits per heavy atom. The second kappa shape index (κ2) is 43.3. The normalized spacial score (nSPS) is 15.0.